The maximum absolute atomic E-state index is 9.85. The number of epoxide rings is 1. The first kappa shape index (κ1) is 11.0. The van der Waals surface area contributed by atoms with Gasteiger partial charge in [0.1, 0.15) is 5.72 Å². The molecule has 0 saturated carbocycles. The molecule has 1 saturated heterocycles. The number of rotatable bonds is 7. The lowest BCUT2D eigenvalue weighted by Gasteiger charge is -2.24. The summed E-state index contributed by atoms with van der Waals surface area (Å²) in [5, 5.41) is 13.0. The SMILES string of the molecule is CCCCCC(C)(O)NCC1CO1. The van der Waals surface area contributed by atoms with Crippen LogP contribution in [0, 0.1) is 0 Å². The Kier molecular flexibility index (Phi) is 4.16. The number of ether oxygens (including phenoxy) is 1. The molecule has 0 aromatic rings. The fraction of sp³-hybridized carbons (Fsp3) is 1.00. The van der Waals surface area contributed by atoms with Gasteiger partial charge in [-0.25, -0.2) is 0 Å². The van der Waals surface area contributed by atoms with Gasteiger partial charge in [0.05, 0.1) is 12.7 Å². The van der Waals surface area contributed by atoms with Gasteiger partial charge in [-0.1, -0.05) is 19.8 Å². The normalized spacial score (nSPS) is 25.6. The van der Waals surface area contributed by atoms with E-state index in [0.717, 1.165) is 26.0 Å². The van der Waals surface area contributed by atoms with Crippen molar-refractivity contribution in [3.8, 4) is 0 Å². The van der Waals surface area contributed by atoms with Gasteiger partial charge in [-0.3, -0.25) is 5.32 Å². The minimum atomic E-state index is -0.707. The molecule has 78 valence electrons. The van der Waals surface area contributed by atoms with E-state index in [0.29, 0.717) is 6.10 Å². The van der Waals surface area contributed by atoms with E-state index in [1.165, 1.54) is 12.8 Å². The van der Waals surface area contributed by atoms with Crippen LogP contribution in [0.5, 0.6) is 0 Å². The number of hydrogen-bond donors (Lipinski definition) is 2. The van der Waals surface area contributed by atoms with Gasteiger partial charge in [0.15, 0.2) is 0 Å². The number of nitrogens with one attached hydrogen (secondary N) is 1. The summed E-state index contributed by atoms with van der Waals surface area (Å²) in [6, 6.07) is 0. The van der Waals surface area contributed by atoms with Crippen LogP contribution in [0.15, 0.2) is 0 Å². The third kappa shape index (κ3) is 5.24. The summed E-state index contributed by atoms with van der Waals surface area (Å²) in [5.41, 5.74) is -0.707. The maximum atomic E-state index is 9.85. The second kappa shape index (κ2) is 4.94. The molecule has 0 radical (unpaired) electrons. The molecule has 2 unspecified atom stereocenters. The average Bonchev–Trinajstić information content (AvgIpc) is 2.84. The van der Waals surface area contributed by atoms with Gasteiger partial charge in [-0.05, 0) is 19.8 Å². The molecule has 0 amide bonds. The van der Waals surface area contributed by atoms with Crippen molar-refractivity contribution in [2.24, 2.45) is 0 Å². The average molecular weight is 187 g/mol. The molecule has 1 aliphatic heterocycles. The molecule has 0 bridgehead atoms. The van der Waals surface area contributed by atoms with Gasteiger partial charge < -0.3 is 9.84 Å². The van der Waals surface area contributed by atoms with Crippen LogP contribution in [0.3, 0.4) is 0 Å². The van der Waals surface area contributed by atoms with Crippen molar-refractivity contribution >= 4 is 0 Å². The number of aliphatic hydroxyl groups is 1. The van der Waals surface area contributed by atoms with Gasteiger partial charge >= 0.3 is 0 Å². The first-order chi connectivity index (χ1) is 6.14. The highest BCUT2D eigenvalue weighted by molar-refractivity contribution is 4.77. The Hall–Kier alpha value is -0.120. The van der Waals surface area contributed by atoms with E-state index < -0.39 is 5.72 Å². The highest BCUT2D eigenvalue weighted by Gasteiger charge is 2.26. The van der Waals surface area contributed by atoms with Crippen molar-refractivity contribution in [2.75, 3.05) is 13.2 Å². The summed E-state index contributed by atoms with van der Waals surface area (Å²) in [4.78, 5) is 0. The highest BCUT2D eigenvalue weighted by atomic mass is 16.6. The highest BCUT2D eigenvalue weighted by Crippen LogP contribution is 2.13. The Morgan fingerprint density at radius 1 is 1.54 bits per heavy atom. The summed E-state index contributed by atoms with van der Waals surface area (Å²) in [6.07, 6.45) is 4.65. The lowest BCUT2D eigenvalue weighted by Crippen LogP contribution is -2.43. The topological polar surface area (TPSA) is 44.8 Å². The summed E-state index contributed by atoms with van der Waals surface area (Å²) in [7, 11) is 0. The molecule has 2 N–H and O–H groups in total. The van der Waals surface area contributed by atoms with Crippen LogP contribution in [0.25, 0.3) is 0 Å². The minimum Gasteiger partial charge on any atom is -0.376 e. The van der Waals surface area contributed by atoms with Crippen molar-refractivity contribution in [3.63, 3.8) is 0 Å². The van der Waals surface area contributed by atoms with Crippen molar-refractivity contribution in [1.29, 1.82) is 0 Å². The van der Waals surface area contributed by atoms with E-state index >= 15 is 0 Å². The standard InChI is InChI=1S/C10H21NO2/c1-3-4-5-6-10(2,12)11-7-9-8-13-9/h9,11-12H,3-8H2,1-2H3. The number of unbranched alkanes of at least 4 members (excludes halogenated alkanes) is 2. The lowest BCUT2D eigenvalue weighted by molar-refractivity contribution is 0.0120. The van der Waals surface area contributed by atoms with Crippen LogP contribution >= 0.6 is 0 Å². The Morgan fingerprint density at radius 3 is 2.77 bits per heavy atom. The molecule has 0 spiro atoms. The Bertz CT molecular complexity index is 144. The van der Waals surface area contributed by atoms with Crippen molar-refractivity contribution in [2.45, 2.75) is 51.4 Å². The zero-order chi connectivity index (χ0) is 9.73. The predicted molar refractivity (Wildman–Crippen MR) is 52.5 cm³/mol. The van der Waals surface area contributed by atoms with E-state index in [1.807, 2.05) is 6.92 Å². The van der Waals surface area contributed by atoms with Crippen LogP contribution < -0.4 is 5.32 Å². The summed E-state index contributed by atoms with van der Waals surface area (Å²) < 4.78 is 5.06. The van der Waals surface area contributed by atoms with Gasteiger partial charge in [0, 0.05) is 6.54 Å². The lowest BCUT2D eigenvalue weighted by atomic mass is 10.1. The van der Waals surface area contributed by atoms with Crippen molar-refractivity contribution in [1.82, 2.24) is 5.32 Å². The van der Waals surface area contributed by atoms with E-state index in [4.69, 9.17) is 4.74 Å². The van der Waals surface area contributed by atoms with Gasteiger partial charge in [0.25, 0.3) is 0 Å². The predicted octanol–water partition coefficient (Wildman–Crippen LogP) is 1.26. The van der Waals surface area contributed by atoms with Crippen LogP contribution in [0.1, 0.15) is 39.5 Å². The Labute approximate surface area is 80.5 Å². The molecular weight excluding hydrogens is 166 g/mol. The molecule has 1 heterocycles. The van der Waals surface area contributed by atoms with Crippen LogP contribution in [0.2, 0.25) is 0 Å². The van der Waals surface area contributed by atoms with Crippen LogP contribution in [0.4, 0.5) is 0 Å². The molecule has 0 aromatic heterocycles. The van der Waals surface area contributed by atoms with Crippen LogP contribution in [-0.4, -0.2) is 30.1 Å². The minimum absolute atomic E-state index is 0.345. The molecule has 3 heteroatoms. The molecular formula is C10H21NO2. The quantitative estimate of drug-likeness (QED) is 0.358. The number of hydrogen-bond acceptors (Lipinski definition) is 3. The zero-order valence-corrected chi connectivity index (χ0v) is 8.68. The Morgan fingerprint density at radius 2 is 2.23 bits per heavy atom. The van der Waals surface area contributed by atoms with Gasteiger partial charge in [-0.15, -0.1) is 0 Å². The molecule has 2 atom stereocenters. The first-order valence-corrected chi connectivity index (χ1v) is 5.23. The van der Waals surface area contributed by atoms with Gasteiger partial charge in [-0.2, -0.15) is 0 Å². The molecule has 3 nitrogen and oxygen atoms in total. The molecule has 1 fully saturated rings. The largest absolute Gasteiger partial charge is 0.376 e. The smallest absolute Gasteiger partial charge is 0.113 e. The third-order valence-corrected chi connectivity index (χ3v) is 2.38. The fourth-order valence-corrected chi connectivity index (χ4v) is 1.33. The van der Waals surface area contributed by atoms with E-state index in [-0.39, 0.29) is 0 Å². The van der Waals surface area contributed by atoms with Crippen molar-refractivity contribution < 1.29 is 9.84 Å². The first-order valence-electron chi connectivity index (χ1n) is 5.23. The summed E-state index contributed by atoms with van der Waals surface area (Å²) >= 11 is 0. The third-order valence-electron chi connectivity index (χ3n) is 2.38. The fourth-order valence-electron chi connectivity index (χ4n) is 1.33. The molecule has 1 rings (SSSR count). The molecule has 0 aromatic carbocycles. The zero-order valence-electron chi connectivity index (χ0n) is 8.68. The maximum Gasteiger partial charge on any atom is 0.113 e. The summed E-state index contributed by atoms with van der Waals surface area (Å²) in [5.74, 6) is 0. The monoisotopic (exact) mass is 187 g/mol. The van der Waals surface area contributed by atoms with Crippen LogP contribution in [-0.2, 0) is 4.74 Å². The van der Waals surface area contributed by atoms with E-state index in [9.17, 15) is 5.11 Å². The second-order valence-electron chi connectivity index (χ2n) is 4.07. The Balaban J connectivity index is 2.03. The summed E-state index contributed by atoms with van der Waals surface area (Å²) in [6.45, 7) is 5.63. The van der Waals surface area contributed by atoms with E-state index in [1.54, 1.807) is 0 Å². The second-order valence-corrected chi connectivity index (χ2v) is 4.07. The van der Waals surface area contributed by atoms with Crippen molar-refractivity contribution in [3.05, 3.63) is 0 Å². The molecule has 1 aliphatic rings. The van der Waals surface area contributed by atoms with Gasteiger partial charge in [0.2, 0.25) is 0 Å². The molecule has 13 heavy (non-hydrogen) atoms. The van der Waals surface area contributed by atoms with E-state index in [2.05, 4.69) is 12.2 Å². The molecule has 0 aliphatic carbocycles.